The van der Waals surface area contributed by atoms with Crippen LogP contribution in [-0.4, -0.2) is 50.0 Å². The average molecular weight is 405 g/mol. The third kappa shape index (κ3) is 4.18. The van der Waals surface area contributed by atoms with E-state index in [4.69, 9.17) is 0 Å². The number of anilines is 1. The van der Waals surface area contributed by atoms with Gasteiger partial charge in [0, 0.05) is 43.8 Å². The molecular weight excluding hydrogens is 387 g/mol. The van der Waals surface area contributed by atoms with Crippen LogP contribution in [0.5, 0.6) is 0 Å². The number of nitrogens with zero attached hydrogens (tertiary/aromatic N) is 3. The second-order valence-corrected chi connectivity index (χ2v) is 8.70. The molecule has 1 aliphatic heterocycles. The zero-order valence-electron chi connectivity index (χ0n) is 13.8. The van der Waals surface area contributed by atoms with Crippen LogP contribution in [0, 0.1) is 0 Å². The van der Waals surface area contributed by atoms with Crippen LogP contribution in [0.15, 0.2) is 40.1 Å². The summed E-state index contributed by atoms with van der Waals surface area (Å²) < 4.78 is 60.7. The van der Waals surface area contributed by atoms with Gasteiger partial charge < -0.3 is 4.90 Å². The van der Waals surface area contributed by atoms with Crippen LogP contribution in [0.25, 0.3) is 0 Å². The van der Waals surface area contributed by atoms with E-state index in [0.717, 1.165) is 62.7 Å². The molecule has 0 N–H and O–H groups in total. The number of alkyl halides is 3. The lowest BCUT2D eigenvalue weighted by Crippen LogP contribution is -2.30. The number of rotatable bonds is 4. The molecule has 0 radical (unpaired) electrons. The highest BCUT2D eigenvalue weighted by atomic mass is 32.2. The first kappa shape index (κ1) is 19.1. The van der Waals surface area contributed by atoms with Crippen molar-refractivity contribution in [3.05, 3.63) is 40.8 Å². The first-order valence-corrected chi connectivity index (χ1v) is 10.5. The maximum Gasteiger partial charge on any atom is 0.501 e. The van der Waals surface area contributed by atoms with Crippen LogP contribution >= 0.6 is 11.3 Å². The molecule has 1 aromatic heterocycles. The van der Waals surface area contributed by atoms with E-state index >= 15 is 0 Å². The maximum atomic E-state index is 12.6. The molecule has 2 aromatic rings. The van der Waals surface area contributed by atoms with Gasteiger partial charge in [-0.15, -0.1) is 11.3 Å². The van der Waals surface area contributed by atoms with E-state index in [9.17, 15) is 21.6 Å². The summed E-state index contributed by atoms with van der Waals surface area (Å²) in [7, 11) is -5.30. The fraction of sp³-hybridized carbons (Fsp3) is 0.438. The Labute approximate surface area is 154 Å². The molecule has 0 atom stereocenters. The minimum absolute atomic E-state index is 0.718. The van der Waals surface area contributed by atoms with Gasteiger partial charge in [0.1, 0.15) is 0 Å². The van der Waals surface area contributed by atoms with Crippen LogP contribution < -0.4 is 4.90 Å². The summed E-state index contributed by atoms with van der Waals surface area (Å²) in [6.45, 7) is 3.98. The van der Waals surface area contributed by atoms with Crippen molar-refractivity contribution in [1.82, 2.24) is 9.88 Å². The third-order valence-electron chi connectivity index (χ3n) is 4.27. The fourth-order valence-electron chi connectivity index (χ4n) is 2.90. The highest BCUT2D eigenvalue weighted by Gasteiger charge is 2.46. The first-order valence-electron chi connectivity index (χ1n) is 8.03. The number of sulfone groups is 1. The Morgan fingerprint density at radius 3 is 2.42 bits per heavy atom. The van der Waals surface area contributed by atoms with Crippen LogP contribution in [0.1, 0.15) is 12.1 Å². The number of halogens is 3. The quantitative estimate of drug-likeness (QED) is 0.782. The summed E-state index contributed by atoms with van der Waals surface area (Å²) in [5.74, 6) is 0. The lowest BCUT2D eigenvalue weighted by molar-refractivity contribution is -0.0436. The third-order valence-corrected chi connectivity index (χ3v) is 6.41. The number of hydrogen-bond donors (Lipinski definition) is 0. The van der Waals surface area contributed by atoms with E-state index in [1.165, 1.54) is 12.1 Å². The van der Waals surface area contributed by atoms with E-state index in [0.29, 0.717) is 0 Å². The van der Waals surface area contributed by atoms with Crippen molar-refractivity contribution in [3.8, 4) is 0 Å². The summed E-state index contributed by atoms with van der Waals surface area (Å²) in [5, 5.41) is 2.02. The van der Waals surface area contributed by atoms with Gasteiger partial charge in [-0.05, 0) is 30.7 Å². The van der Waals surface area contributed by atoms with Gasteiger partial charge in [-0.1, -0.05) is 0 Å². The van der Waals surface area contributed by atoms with Gasteiger partial charge in [-0.3, -0.25) is 4.90 Å². The van der Waals surface area contributed by atoms with Gasteiger partial charge in [0.25, 0.3) is 9.84 Å². The monoisotopic (exact) mass is 405 g/mol. The van der Waals surface area contributed by atoms with Gasteiger partial charge in [0.05, 0.1) is 16.1 Å². The summed E-state index contributed by atoms with van der Waals surface area (Å²) >= 11 is 1.56. The molecule has 3 rings (SSSR count). The maximum absolute atomic E-state index is 12.6. The van der Waals surface area contributed by atoms with Crippen LogP contribution in [0.4, 0.5) is 18.9 Å². The Kier molecular flexibility index (Phi) is 5.54. The van der Waals surface area contributed by atoms with Crippen LogP contribution in [0.2, 0.25) is 0 Å². The molecule has 142 valence electrons. The van der Waals surface area contributed by atoms with Gasteiger partial charge in [0.15, 0.2) is 0 Å². The number of benzene rings is 1. The molecule has 1 saturated heterocycles. The standard InChI is InChI=1S/C16H18F3N3O2S2/c17-16(18,19)26(23,24)15-4-2-14(3-5-15)22-7-1-6-21(8-9-22)10-13-11-25-12-20-13/h2-5,11-12H,1,6-10H2. The van der Waals surface area contributed by atoms with Crippen molar-refractivity contribution in [2.45, 2.75) is 23.4 Å². The van der Waals surface area contributed by atoms with Crippen LogP contribution in [-0.2, 0) is 16.4 Å². The van der Waals surface area contributed by atoms with Crippen molar-refractivity contribution >= 4 is 26.9 Å². The molecule has 10 heteroatoms. The summed E-state index contributed by atoms with van der Waals surface area (Å²) in [4.78, 5) is 7.91. The van der Waals surface area contributed by atoms with E-state index < -0.39 is 20.2 Å². The molecule has 1 aliphatic rings. The van der Waals surface area contributed by atoms with Gasteiger partial charge in [-0.25, -0.2) is 13.4 Å². The van der Waals surface area contributed by atoms with Crippen molar-refractivity contribution in [2.24, 2.45) is 0 Å². The fourth-order valence-corrected chi connectivity index (χ4v) is 4.21. The summed E-state index contributed by atoms with van der Waals surface area (Å²) in [6.07, 6.45) is 0.909. The minimum Gasteiger partial charge on any atom is -0.370 e. The van der Waals surface area contributed by atoms with E-state index in [2.05, 4.69) is 14.8 Å². The normalized spacial score (nSPS) is 17.3. The molecular formula is C16H18F3N3O2S2. The molecule has 0 bridgehead atoms. The van der Waals surface area contributed by atoms with E-state index in [1.807, 2.05) is 5.38 Å². The van der Waals surface area contributed by atoms with E-state index in [1.54, 1.807) is 16.8 Å². The second kappa shape index (κ2) is 7.53. The van der Waals surface area contributed by atoms with Crippen molar-refractivity contribution < 1.29 is 21.6 Å². The highest BCUT2D eigenvalue weighted by Crippen LogP contribution is 2.31. The molecule has 0 spiro atoms. The lowest BCUT2D eigenvalue weighted by atomic mass is 10.2. The molecule has 0 saturated carbocycles. The van der Waals surface area contributed by atoms with Gasteiger partial charge in [0.2, 0.25) is 0 Å². The Morgan fingerprint density at radius 2 is 1.81 bits per heavy atom. The SMILES string of the molecule is O=S(=O)(c1ccc(N2CCCN(Cc3cscn3)CC2)cc1)C(F)(F)F. The minimum atomic E-state index is -5.30. The van der Waals surface area contributed by atoms with Gasteiger partial charge in [-0.2, -0.15) is 13.2 Å². The first-order chi connectivity index (χ1) is 12.3. The predicted molar refractivity (Wildman–Crippen MR) is 93.9 cm³/mol. The lowest BCUT2D eigenvalue weighted by Gasteiger charge is -2.23. The molecule has 1 aromatic carbocycles. The zero-order valence-corrected chi connectivity index (χ0v) is 15.4. The van der Waals surface area contributed by atoms with Crippen LogP contribution in [0.3, 0.4) is 0 Å². The Bertz CT molecular complexity index is 821. The molecule has 5 nitrogen and oxygen atoms in total. The average Bonchev–Trinajstić information content (AvgIpc) is 2.98. The number of thiazole rings is 1. The largest absolute Gasteiger partial charge is 0.501 e. The second-order valence-electron chi connectivity index (χ2n) is 6.04. The number of hydrogen-bond acceptors (Lipinski definition) is 6. The molecule has 0 unspecified atom stereocenters. The predicted octanol–water partition coefficient (Wildman–Crippen LogP) is 3.15. The summed E-state index contributed by atoms with van der Waals surface area (Å²) in [6, 6.07) is 4.93. The molecule has 2 heterocycles. The molecule has 0 amide bonds. The Hall–Kier alpha value is -1.65. The van der Waals surface area contributed by atoms with E-state index in [-0.39, 0.29) is 0 Å². The zero-order chi connectivity index (χ0) is 18.8. The topological polar surface area (TPSA) is 53.5 Å². The molecule has 0 aliphatic carbocycles. The van der Waals surface area contributed by atoms with Crippen molar-refractivity contribution in [1.29, 1.82) is 0 Å². The molecule has 26 heavy (non-hydrogen) atoms. The Balaban J connectivity index is 1.66. The Morgan fingerprint density at radius 1 is 1.08 bits per heavy atom. The number of aromatic nitrogens is 1. The van der Waals surface area contributed by atoms with Crippen molar-refractivity contribution in [2.75, 3.05) is 31.1 Å². The highest BCUT2D eigenvalue weighted by molar-refractivity contribution is 7.92. The smallest absolute Gasteiger partial charge is 0.370 e. The van der Waals surface area contributed by atoms with Crippen molar-refractivity contribution in [3.63, 3.8) is 0 Å². The van der Waals surface area contributed by atoms with Gasteiger partial charge >= 0.3 is 5.51 Å². The summed E-state index contributed by atoms with van der Waals surface area (Å²) in [5.41, 5.74) is -1.73. The molecule has 1 fully saturated rings.